The summed E-state index contributed by atoms with van der Waals surface area (Å²) in [6.45, 7) is 0.252. The number of hydrogen-bond acceptors (Lipinski definition) is 4. The molecule has 0 unspecified atom stereocenters. The molecule has 6 nitrogen and oxygen atoms in total. The molecule has 4 rings (SSSR count). The van der Waals surface area contributed by atoms with Gasteiger partial charge in [0.05, 0.1) is 40.2 Å². The zero-order chi connectivity index (χ0) is 23.2. The molecular weight excluding hydrogens is 456 g/mol. The van der Waals surface area contributed by atoms with E-state index in [0.717, 1.165) is 24.4 Å². The minimum absolute atomic E-state index is 0.104. The highest BCUT2D eigenvalue weighted by molar-refractivity contribution is 6.34. The van der Waals surface area contributed by atoms with E-state index in [1.807, 2.05) is 0 Å². The molecule has 2 N–H and O–H groups in total. The lowest BCUT2D eigenvalue weighted by Crippen LogP contribution is -2.16. The van der Waals surface area contributed by atoms with Gasteiger partial charge in [0.25, 0.3) is 0 Å². The van der Waals surface area contributed by atoms with Crippen LogP contribution < -0.4 is 4.74 Å². The Morgan fingerprint density at radius 2 is 1.97 bits per heavy atom. The van der Waals surface area contributed by atoms with Gasteiger partial charge in [0.15, 0.2) is 0 Å². The molecule has 0 amide bonds. The third kappa shape index (κ3) is 3.70. The Hall–Kier alpha value is -3.40. The van der Waals surface area contributed by atoms with Gasteiger partial charge >= 0.3 is 12.1 Å². The normalized spacial score (nSPS) is 13.4. The number of aromatic amines is 1. The van der Waals surface area contributed by atoms with Gasteiger partial charge in [0.2, 0.25) is 5.78 Å². The first-order valence-electron chi connectivity index (χ1n) is 9.26. The van der Waals surface area contributed by atoms with Crippen molar-refractivity contribution in [2.24, 2.45) is 0 Å². The molecule has 0 atom stereocenters. The van der Waals surface area contributed by atoms with Crippen LogP contribution in [0.3, 0.4) is 0 Å². The Morgan fingerprint density at radius 1 is 1.22 bits per heavy atom. The van der Waals surface area contributed by atoms with Gasteiger partial charge in [-0.2, -0.15) is 13.2 Å². The SMILES string of the molecule is O=C(O)c1ccc(-c2c(C(=O)c3c(C(F)(F)F)ccnc3Cl)[nH]c3c2OCCC3)c(F)c1. The second-order valence-electron chi connectivity index (χ2n) is 6.99. The number of H-pyrrole nitrogens is 1. The van der Waals surface area contributed by atoms with Gasteiger partial charge in [-0.15, -0.1) is 0 Å². The van der Waals surface area contributed by atoms with E-state index in [-0.39, 0.29) is 34.7 Å². The number of fused-ring (bicyclic) bond motifs is 1. The van der Waals surface area contributed by atoms with Crippen LogP contribution in [0.4, 0.5) is 17.6 Å². The molecule has 166 valence electrons. The summed E-state index contributed by atoms with van der Waals surface area (Å²) in [5.74, 6) is -3.38. The minimum atomic E-state index is -4.89. The number of ether oxygens (including phenoxy) is 1. The predicted octanol–water partition coefficient (Wildman–Crippen LogP) is 5.14. The van der Waals surface area contributed by atoms with Crippen molar-refractivity contribution < 1.29 is 37.0 Å². The molecular formula is C21H13ClF4N2O4. The number of carboxylic acid groups (broad SMARTS) is 1. The van der Waals surface area contributed by atoms with Gasteiger partial charge in [-0.1, -0.05) is 17.7 Å². The molecule has 1 aliphatic heterocycles. The van der Waals surface area contributed by atoms with Crippen molar-refractivity contribution in [2.45, 2.75) is 19.0 Å². The number of rotatable bonds is 4. The van der Waals surface area contributed by atoms with Crippen LogP contribution in [0.1, 0.15) is 44.1 Å². The first-order valence-corrected chi connectivity index (χ1v) is 9.64. The Balaban J connectivity index is 1.96. The topological polar surface area (TPSA) is 92.3 Å². The van der Waals surface area contributed by atoms with Gasteiger partial charge in [0.1, 0.15) is 16.7 Å². The summed E-state index contributed by atoms with van der Waals surface area (Å²) in [7, 11) is 0. The molecule has 3 heterocycles. The summed E-state index contributed by atoms with van der Waals surface area (Å²) in [5.41, 5.74) is -2.77. The largest absolute Gasteiger partial charge is 0.491 e. The Bertz CT molecular complexity index is 1250. The molecule has 1 aliphatic rings. The van der Waals surface area contributed by atoms with E-state index in [4.69, 9.17) is 21.4 Å². The van der Waals surface area contributed by atoms with E-state index in [1.165, 1.54) is 0 Å². The minimum Gasteiger partial charge on any atom is -0.491 e. The molecule has 3 aromatic rings. The average molecular weight is 469 g/mol. The van der Waals surface area contributed by atoms with Crippen LogP contribution in [0.15, 0.2) is 30.5 Å². The Morgan fingerprint density at radius 3 is 2.62 bits per heavy atom. The molecule has 0 saturated carbocycles. The van der Waals surface area contributed by atoms with Gasteiger partial charge in [0, 0.05) is 11.8 Å². The van der Waals surface area contributed by atoms with Crippen molar-refractivity contribution in [3.8, 4) is 16.9 Å². The number of hydrogen-bond donors (Lipinski definition) is 2. The van der Waals surface area contributed by atoms with Crippen molar-refractivity contribution in [1.29, 1.82) is 0 Å². The molecule has 0 fully saturated rings. The number of aryl methyl sites for hydroxylation is 1. The monoisotopic (exact) mass is 468 g/mol. The quantitative estimate of drug-likeness (QED) is 0.314. The molecule has 1 aromatic carbocycles. The third-order valence-corrected chi connectivity index (χ3v) is 5.28. The van der Waals surface area contributed by atoms with E-state index in [9.17, 15) is 27.2 Å². The number of nitrogens with zero attached hydrogens (tertiary/aromatic N) is 1. The summed E-state index contributed by atoms with van der Waals surface area (Å²) in [4.78, 5) is 30.8. The number of ketones is 1. The molecule has 0 saturated heterocycles. The lowest BCUT2D eigenvalue weighted by Gasteiger charge is -2.16. The van der Waals surface area contributed by atoms with Crippen molar-refractivity contribution in [3.63, 3.8) is 0 Å². The fourth-order valence-electron chi connectivity index (χ4n) is 3.58. The van der Waals surface area contributed by atoms with Crippen LogP contribution in [0.5, 0.6) is 5.75 Å². The number of pyridine rings is 1. The fraction of sp³-hybridized carbons (Fsp3) is 0.190. The van der Waals surface area contributed by atoms with Gasteiger partial charge in [-0.05, 0) is 31.0 Å². The lowest BCUT2D eigenvalue weighted by atomic mass is 9.96. The van der Waals surface area contributed by atoms with Crippen LogP contribution in [0.2, 0.25) is 5.15 Å². The highest BCUT2D eigenvalue weighted by Crippen LogP contribution is 2.43. The van der Waals surface area contributed by atoms with Gasteiger partial charge in [-0.25, -0.2) is 14.2 Å². The summed E-state index contributed by atoms with van der Waals surface area (Å²) in [6.07, 6.45) is -3.08. The second kappa shape index (κ2) is 7.94. The second-order valence-corrected chi connectivity index (χ2v) is 7.34. The highest BCUT2D eigenvalue weighted by Gasteiger charge is 2.39. The van der Waals surface area contributed by atoms with Gasteiger partial charge < -0.3 is 14.8 Å². The number of halogens is 5. The lowest BCUT2D eigenvalue weighted by molar-refractivity contribution is -0.137. The average Bonchev–Trinajstić information content (AvgIpc) is 3.11. The summed E-state index contributed by atoms with van der Waals surface area (Å²) in [5, 5.41) is 8.41. The summed E-state index contributed by atoms with van der Waals surface area (Å²) in [6, 6.07) is 3.63. The van der Waals surface area contributed by atoms with Crippen molar-refractivity contribution >= 4 is 23.4 Å². The zero-order valence-corrected chi connectivity index (χ0v) is 16.8. The smallest absolute Gasteiger partial charge is 0.417 e. The first-order chi connectivity index (χ1) is 15.1. The third-order valence-electron chi connectivity index (χ3n) is 4.99. The van der Waals surface area contributed by atoms with E-state index in [1.54, 1.807) is 0 Å². The van der Waals surface area contributed by atoms with Crippen LogP contribution in [-0.2, 0) is 12.6 Å². The molecule has 0 radical (unpaired) electrons. The first kappa shape index (κ1) is 21.8. The van der Waals surface area contributed by atoms with E-state index < -0.39 is 40.0 Å². The maximum Gasteiger partial charge on any atom is 0.417 e. The van der Waals surface area contributed by atoms with Crippen molar-refractivity contribution in [3.05, 3.63) is 69.5 Å². The number of carbonyl (C=O) groups is 2. The van der Waals surface area contributed by atoms with Crippen LogP contribution in [0, 0.1) is 5.82 Å². The van der Waals surface area contributed by atoms with Crippen LogP contribution in [-0.4, -0.2) is 33.4 Å². The molecule has 0 aliphatic carbocycles. The van der Waals surface area contributed by atoms with Gasteiger partial charge in [-0.3, -0.25) is 4.79 Å². The van der Waals surface area contributed by atoms with Crippen LogP contribution >= 0.6 is 11.6 Å². The standard InChI is InChI=1S/C21H13ClF4N2O4/c22-19-15(11(5-6-27-19)21(24,25)26)17(29)16-14(18-13(28-16)2-1-7-32-18)10-4-3-9(20(30)31)8-12(10)23/h3-6,8,28H,1-2,7H2,(H,30,31). The summed E-state index contributed by atoms with van der Waals surface area (Å²) >= 11 is 5.88. The predicted molar refractivity (Wildman–Crippen MR) is 105 cm³/mol. The number of carbonyl (C=O) groups excluding carboxylic acids is 1. The van der Waals surface area contributed by atoms with E-state index in [0.29, 0.717) is 24.6 Å². The van der Waals surface area contributed by atoms with E-state index >= 15 is 0 Å². The number of alkyl halides is 3. The number of aromatic carboxylic acids is 1. The molecule has 11 heteroatoms. The highest BCUT2D eigenvalue weighted by atomic mass is 35.5. The maximum atomic E-state index is 14.9. The van der Waals surface area contributed by atoms with Crippen LogP contribution in [0.25, 0.3) is 11.1 Å². The molecule has 0 bridgehead atoms. The molecule has 32 heavy (non-hydrogen) atoms. The number of carboxylic acids is 1. The summed E-state index contributed by atoms with van der Waals surface area (Å²) < 4.78 is 61.1. The number of benzene rings is 1. The number of nitrogens with one attached hydrogen (secondary N) is 1. The fourth-order valence-corrected chi connectivity index (χ4v) is 3.83. The molecule has 0 spiro atoms. The Kier molecular flexibility index (Phi) is 5.41. The zero-order valence-electron chi connectivity index (χ0n) is 16.0. The Labute approximate surface area is 182 Å². The maximum absolute atomic E-state index is 14.9. The molecule has 2 aromatic heterocycles. The van der Waals surface area contributed by atoms with Crippen molar-refractivity contribution in [2.75, 3.05) is 6.61 Å². The van der Waals surface area contributed by atoms with E-state index in [2.05, 4.69) is 9.97 Å². The van der Waals surface area contributed by atoms with Crippen molar-refractivity contribution in [1.82, 2.24) is 9.97 Å². The number of aromatic nitrogens is 2.